The largest absolute Gasteiger partial charge is 0.309 e. The molecule has 0 amide bonds. The molecule has 0 saturated heterocycles. The normalized spacial score (nSPS) is 11.2. The molecule has 0 radical (unpaired) electrons. The molecule has 0 atom stereocenters. The highest BCUT2D eigenvalue weighted by atomic mass is 32.1. The standard InChI is InChI=1S/C17H24N2S/c1-3-19(4-2)13-16-7-5-15(6-8-16)11-18-12-17-9-10-20-14-17/h5-10,14,18H,3-4,11-13H2,1-2H3. The lowest BCUT2D eigenvalue weighted by Gasteiger charge is -2.18. The van der Waals surface area contributed by atoms with Crippen LogP contribution in [0.5, 0.6) is 0 Å². The third-order valence-electron chi connectivity index (χ3n) is 3.56. The van der Waals surface area contributed by atoms with Crippen LogP contribution in [0, 0.1) is 0 Å². The van der Waals surface area contributed by atoms with Gasteiger partial charge in [0.1, 0.15) is 0 Å². The Morgan fingerprint density at radius 1 is 0.900 bits per heavy atom. The molecule has 0 aliphatic heterocycles. The molecule has 1 heterocycles. The first-order chi connectivity index (χ1) is 9.81. The van der Waals surface area contributed by atoms with E-state index in [-0.39, 0.29) is 0 Å². The van der Waals surface area contributed by atoms with E-state index in [0.29, 0.717) is 0 Å². The second-order valence-corrected chi connectivity index (χ2v) is 5.79. The van der Waals surface area contributed by atoms with E-state index in [1.165, 1.54) is 16.7 Å². The molecule has 0 spiro atoms. The Morgan fingerprint density at radius 3 is 2.15 bits per heavy atom. The van der Waals surface area contributed by atoms with E-state index in [1.807, 2.05) is 0 Å². The second-order valence-electron chi connectivity index (χ2n) is 5.01. The molecule has 0 saturated carbocycles. The predicted octanol–water partition coefficient (Wildman–Crippen LogP) is 3.88. The van der Waals surface area contributed by atoms with Gasteiger partial charge < -0.3 is 5.32 Å². The molecule has 108 valence electrons. The van der Waals surface area contributed by atoms with E-state index in [0.717, 1.165) is 32.7 Å². The third kappa shape index (κ3) is 4.75. The maximum Gasteiger partial charge on any atom is 0.0233 e. The average Bonchev–Trinajstić information content (AvgIpc) is 2.99. The van der Waals surface area contributed by atoms with Gasteiger partial charge in [-0.05, 0) is 46.6 Å². The van der Waals surface area contributed by atoms with Gasteiger partial charge in [-0.3, -0.25) is 4.90 Å². The van der Waals surface area contributed by atoms with Gasteiger partial charge >= 0.3 is 0 Å². The SMILES string of the molecule is CCN(CC)Cc1ccc(CNCc2ccsc2)cc1. The Bertz CT molecular complexity index is 472. The molecule has 1 N–H and O–H groups in total. The number of benzene rings is 1. The lowest BCUT2D eigenvalue weighted by Crippen LogP contribution is -2.22. The molecule has 3 heteroatoms. The number of nitrogens with zero attached hydrogens (tertiary/aromatic N) is 1. The van der Waals surface area contributed by atoms with E-state index < -0.39 is 0 Å². The Balaban J connectivity index is 1.79. The summed E-state index contributed by atoms with van der Waals surface area (Å²) in [5, 5.41) is 7.80. The number of rotatable bonds is 8. The van der Waals surface area contributed by atoms with Crippen molar-refractivity contribution in [1.82, 2.24) is 10.2 Å². The van der Waals surface area contributed by atoms with Gasteiger partial charge in [-0.25, -0.2) is 0 Å². The van der Waals surface area contributed by atoms with Crippen molar-refractivity contribution in [3.05, 3.63) is 57.8 Å². The highest BCUT2D eigenvalue weighted by Gasteiger charge is 2.01. The van der Waals surface area contributed by atoms with Crippen LogP contribution in [0.3, 0.4) is 0 Å². The fourth-order valence-electron chi connectivity index (χ4n) is 2.21. The molecule has 0 unspecified atom stereocenters. The van der Waals surface area contributed by atoms with Crippen LogP contribution in [0.25, 0.3) is 0 Å². The van der Waals surface area contributed by atoms with Gasteiger partial charge in [0.15, 0.2) is 0 Å². The molecule has 2 rings (SSSR count). The van der Waals surface area contributed by atoms with Crippen molar-refractivity contribution in [3.63, 3.8) is 0 Å². The zero-order valence-electron chi connectivity index (χ0n) is 12.4. The van der Waals surface area contributed by atoms with Crippen LogP contribution in [0.2, 0.25) is 0 Å². The van der Waals surface area contributed by atoms with Crippen molar-refractivity contribution in [1.29, 1.82) is 0 Å². The predicted molar refractivity (Wildman–Crippen MR) is 87.9 cm³/mol. The van der Waals surface area contributed by atoms with Gasteiger partial charge in [0.25, 0.3) is 0 Å². The maximum absolute atomic E-state index is 3.48. The quantitative estimate of drug-likeness (QED) is 0.793. The van der Waals surface area contributed by atoms with Gasteiger partial charge in [-0.1, -0.05) is 38.1 Å². The molecule has 0 aliphatic carbocycles. The molecule has 20 heavy (non-hydrogen) atoms. The van der Waals surface area contributed by atoms with E-state index in [1.54, 1.807) is 11.3 Å². The first kappa shape index (κ1) is 15.2. The minimum absolute atomic E-state index is 0.932. The van der Waals surface area contributed by atoms with Crippen LogP contribution in [-0.2, 0) is 19.6 Å². The van der Waals surface area contributed by atoms with Crippen molar-refractivity contribution in [2.45, 2.75) is 33.5 Å². The molecule has 1 aromatic heterocycles. The van der Waals surface area contributed by atoms with Gasteiger partial charge in [-0.15, -0.1) is 0 Å². The van der Waals surface area contributed by atoms with E-state index >= 15 is 0 Å². The molecule has 0 fully saturated rings. The number of hydrogen-bond donors (Lipinski definition) is 1. The minimum atomic E-state index is 0.932. The van der Waals surface area contributed by atoms with Crippen molar-refractivity contribution < 1.29 is 0 Å². The Morgan fingerprint density at radius 2 is 1.55 bits per heavy atom. The Labute approximate surface area is 126 Å². The zero-order valence-corrected chi connectivity index (χ0v) is 13.2. The second kappa shape index (κ2) is 8.20. The molecular formula is C17H24N2S. The van der Waals surface area contributed by atoms with Crippen LogP contribution >= 0.6 is 11.3 Å². The van der Waals surface area contributed by atoms with Crippen molar-refractivity contribution >= 4 is 11.3 Å². The Hall–Kier alpha value is -1.16. The van der Waals surface area contributed by atoms with Crippen LogP contribution in [0.1, 0.15) is 30.5 Å². The van der Waals surface area contributed by atoms with Crippen molar-refractivity contribution in [3.8, 4) is 0 Å². The first-order valence-corrected chi connectivity index (χ1v) is 8.28. The fourth-order valence-corrected chi connectivity index (χ4v) is 2.88. The lowest BCUT2D eigenvalue weighted by atomic mass is 10.1. The van der Waals surface area contributed by atoms with Crippen LogP contribution in [0.4, 0.5) is 0 Å². The van der Waals surface area contributed by atoms with Crippen LogP contribution in [-0.4, -0.2) is 18.0 Å². The van der Waals surface area contributed by atoms with Gasteiger partial charge in [0.2, 0.25) is 0 Å². The summed E-state index contributed by atoms with van der Waals surface area (Å²) in [6.45, 7) is 9.58. The van der Waals surface area contributed by atoms with Gasteiger partial charge in [0, 0.05) is 19.6 Å². The number of thiophene rings is 1. The summed E-state index contributed by atoms with van der Waals surface area (Å²) in [7, 11) is 0. The van der Waals surface area contributed by atoms with Crippen LogP contribution in [0.15, 0.2) is 41.1 Å². The van der Waals surface area contributed by atoms with Crippen LogP contribution < -0.4 is 5.32 Å². The summed E-state index contributed by atoms with van der Waals surface area (Å²) in [5.74, 6) is 0. The lowest BCUT2D eigenvalue weighted by molar-refractivity contribution is 0.296. The summed E-state index contributed by atoms with van der Waals surface area (Å²) in [6.07, 6.45) is 0. The number of nitrogens with one attached hydrogen (secondary N) is 1. The molecule has 2 nitrogen and oxygen atoms in total. The monoisotopic (exact) mass is 288 g/mol. The summed E-state index contributed by atoms with van der Waals surface area (Å²) in [4.78, 5) is 2.43. The summed E-state index contributed by atoms with van der Waals surface area (Å²) in [5.41, 5.74) is 4.12. The van der Waals surface area contributed by atoms with E-state index in [9.17, 15) is 0 Å². The first-order valence-electron chi connectivity index (χ1n) is 7.33. The highest BCUT2D eigenvalue weighted by molar-refractivity contribution is 7.07. The summed E-state index contributed by atoms with van der Waals surface area (Å²) < 4.78 is 0. The zero-order chi connectivity index (χ0) is 14.2. The van der Waals surface area contributed by atoms with E-state index in [2.05, 4.69) is 65.2 Å². The molecule has 1 aromatic carbocycles. The fraction of sp³-hybridized carbons (Fsp3) is 0.412. The van der Waals surface area contributed by atoms with Gasteiger partial charge in [0.05, 0.1) is 0 Å². The molecule has 0 aliphatic rings. The van der Waals surface area contributed by atoms with Crippen molar-refractivity contribution in [2.24, 2.45) is 0 Å². The smallest absolute Gasteiger partial charge is 0.0233 e. The maximum atomic E-state index is 3.48. The molecule has 2 aromatic rings. The Kier molecular flexibility index (Phi) is 6.25. The topological polar surface area (TPSA) is 15.3 Å². The summed E-state index contributed by atoms with van der Waals surface area (Å²) >= 11 is 1.75. The number of hydrogen-bond acceptors (Lipinski definition) is 3. The summed E-state index contributed by atoms with van der Waals surface area (Å²) in [6, 6.07) is 11.1. The minimum Gasteiger partial charge on any atom is -0.309 e. The molecule has 0 bridgehead atoms. The average molecular weight is 288 g/mol. The molecular weight excluding hydrogens is 264 g/mol. The highest BCUT2D eigenvalue weighted by Crippen LogP contribution is 2.09. The van der Waals surface area contributed by atoms with Gasteiger partial charge in [-0.2, -0.15) is 11.3 Å². The third-order valence-corrected chi connectivity index (χ3v) is 4.29. The van der Waals surface area contributed by atoms with Crippen molar-refractivity contribution in [2.75, 3.05) is 13.1 Å². The van der Waals surface area contributed by atoms with E-state index in [4.69, 9.17) is 0 Å².